The van der Waals surface area contributed by atoms with Crippen LogP contribution in [0.15, 0.2) is 24.4 Å². The van der Waals surface area contributed by atoms with Crippen LogP contribution in [0.25, 0.3) is 10.9 Å². The second-order valence-electron chi connectivity index (χ2n) is 6.37. The Morgan fingerprint density at radius 3 is 2.61 bits per heavy atom. The molecule has 2 heterocycles. The zero-order valence-corrected chi connectivity index (χ0v) is 14.3. The lowest BCUT2D eigenvalue weighted by Crippen LogP contribution is -2.15. The van der Waals surface area contributed by atoms with Crippen molar-refractivity contribution in [2.45, 2.75) is 39.8 Å². The zero-order valence-electron chi connectivity index (χ0n) is 14.3. The molecule has 0 atom stereocenters. The third-order valence-electron chi connectivity index (χ3n) is 4.08. The second kappa shape index (κ2) is 5.38. The lowest BCUT2D eigenvalue weighted by molar-refractivity contribution is 0.0787. The molecule has 2 N–H and O–H groups in total. The van der Waals surface area contributed by atoms with Gasteiger partial charge in [0.1, 0.15) is 0 Å². The van der Waals surface area contributed by atoms with Crippen molar-refractivity contribution < 1.29 is 5.11 Å². The molecule has 0 spiro atoms. The maximum absolute atomic E-state index is 10.2. The fourth-order valence-electron chi connectivity index (χ4n) is 2.66. The molecule has 0 bridgehead atoms. The van der Waals surface area contributed by atoms with E-state index in [2.05, 4.69) is 22.4 Å². The van der Waals surface area contributed by atoms with E-state index in [4.69, 9.17) is 0 Å². The number of nitrogens with one attached hydrogen (secondary N) is 1. The zero-order chi connectivity index (χ0) is 16.8. The van der Waals surface area contributed by atoms with Gasteiger partial charge in [0.05, 0.1) is 22.5 Å². The van der Waals surface area contributed by atoms with Gasteiger partial charge < -0.3 is 10.4 Å². The van der Waals surface area contributed by atoms with E-state index in [1.54, 1.807) is 13.8 Å². The number of hydrogen-bond acceptors (Lipinski definition) is 4. The Morgan fingerprint density at radius 1 is 1.26 bits per heavy atom. The molecule has 0 radical (unpaired) electrons. The Morgan fingerprint density at radius 2 is 2.00 bits per heavy atom. The molecule has 0 saturated carbocycles. The van der Waals surface area contributed by atoms with Gasteiger partial charge in [-0.05, 0) is 45.4 Å². The van der Waals surface area contributed by atoms with E-state index >= 15 is 0 Å². The highest BCUT2D eigenvalue weighted by Crippen LogP contribution is 2.30. The van der Waals surface area contributed by atoms with Crippen molar-refractivity contribution in [1.29, 1.82) is 0 Å². The number of aliphatic hydroxyl groups is 1. The summed E-state index contributed by atoms with van der Waals surface area (Å²) in [6.45, 7) is 8.44. The molecule has 0 amide bonds. The van der Waals surface area contributed by atoms with Crippen LogP contribution in [0.4, 0.5) is 11.5 Å². The van der Waals surface area contributed by atoms with Gasteiger partial charge in [-0.25, -0.2) is 0 Å². The minimum absolute atomic E-state index is 0.795. The topological polar surface area (TPSA) is 67.9 Å². The lowest BCUT2D eigenvalue weighted by atomic mass is 9.97. The van der Waals surface area contributed by atoms with Crippen LogP contribution in [0.1, 0.15) is 32.0 Å². The molecule has 0 aliphatic rings. The number of benzene rings is 1. The molecule has 122 valence electrons. The van der Waals surface area contributed by atoms with Crippen molar-refractivity contribution in [2.24, 2.45) is 7.05 Å². The van der Waals surface area contributed by atoms with Gasteiger partial charge in [-0.1, -0.05) is 6.07 Å². The summed E-state index contributed by atoms with van der Waals surface area (Å²) in [7, 11) is 1.91. The van der Waals surface area contributed by atoms with E-state index < -0.39 is 5.60 Å². The van der Waals surface area contributed by atoms with E-state index in [1.807, 2.05) is 47.7 Å². The number of nitrogens with zero attached hydrogens (tertiary/aromatic N) is 4. The highest BCUT2D eigenvalue weighted by atomic mass is 16.3. The van der Waals surface area contributed by atoms with Crippen LogP contribution < -0.4 is 5.32 Å². The molecule has 2 aromatic heterocycles. The van der Waals surface area contributed by atoms with Crippen LogP contribution in [-0.4, -0.2) is 24.7 Å². The minimum Gasteiger partial charge on any atom is -0.386 e. The van der Waals surface area contributed by atoms with Crippen molar-refractivity contribution in [3.8, 4) is 0 Å². The van der Waals surface area contributed by atoms with Gasteiger partial charge in [0.15, 0.2) is 5.82 Å². The quantitative estimate of drug-likeness (QED) is 0.777. The molecule has 1 aromatic carbocycles. The summed E-state index contributed by atoms with van der Waals surface area (Å²) >= 11 is 0. The smallest absolute Gasteiger partial charge is 0.160 e. The first-order valence-corrected chi connectivity index (χ1v) is 7.80. The van der Waals surface area contributed by atoms with Crippen molar-refractivity contribution >= 4 is 22.4 Å². The first-order valence-electron chi connectivity index (χ1n) is 7.80. The molecule has 3 rings (SSSR count). The standard InChI is InChI=1S/C17H23N5O/c1-6-22-10-14(11(2)19-22)18-16-13-8-7-12(17(3,4)23)9-15(13)21(5)20-16/h7-10,23H,6H2,1-5H3,(H,18,20). The molecule has 6 nitrogen and oxygen atoms in total. The summed E-state index contributed by atoms with van der Waals surface area (Å²) in [6.07, 6.45) is 1.99. The van der Waals surface area contributed by atoms with E-state index in [0.29, 0.717) is 0 Å². The first-order chi connectivity index (χ1) is 10.8. The number of aromatic nitrogens is 4. The van der Waals surface area contributed by atoms with Crippen LogP contribution in [0.3, 0.4) is 0 Å². The van der Waals surface area contributed by atoms with Crippen LogP contribution in [0.5, 0.6) is 0 Å². The van der Waals surface area contributed by atoms with Crippen molar-refractivity contribution in [3.63, 3.8) is 0 Å². The number of aryl methyl sites for hydroxylation is 3. The Labute approximate surface area is 135 Å². The van der Waals surface area contributed by atoms with E-state index in [9.17, 15) is 5.11 Å². The van der Waals surface area contributed by atoms with E-state index in [0.717, 1.165) is 40.2 Å². The molecule has 3 aromatic rings. The maximum atomic E-state index is 10.2. The SMILES string of the molecule is CCn1cc(Nc2nn(C)c3cc(C(C)(C)O)ccc23)c(C)n1. The van der Waals surface area contributed by atoms with Crippen LogP contribution >= 0.6 is 0 Å². The van der Waals surface area contributed by atoms with Crippen molar-refractivity contribution in [2.75, 3.05) is 5.32 Å². The molecule has 23 heavy (non-hydrogen) atoms. The third-order valence-corrected chi connectivity index (χ3v) is 4.08. The molecular weight excluding hydrogens is 290 g/mol. The molecule has 0 unspecified atom stereocenters. The lowest BCUT2D eigenvalue weighted by Gasteiger charge is -2.17. The molecule has 0 saturated heterocycles. The molecule has 0 aliphatic carbocycles. The summed E-state index contributed by atoms with van der Waals surface area (Å²) < 4.78 is 3.72. The fourth-order valence-corrected chi connectivity index (χ4v) is 2.66. The molecule has 0 aliphatic heterocycles. The monoisotopic (exact) mass is 313 g/mol. The summed E-state index contributed by atoms with van der Waals surface area (Å²) in [6, 6.07) is 5.92. The van der Waals surface area contributed by atoms with Gasteiger partial charge in [-0.3, -0.25) is 9.36 Å². The minimum atomic E-state index is -0.870. The molecule has 6 heteroatoms. The molecular formula is C17H23N5O. The fraction of sp³-hybridized carbons (Fsp3) is 0.412. The predicted octanol–water partition coefficient (Wildman–Crippen LogP) is 3.07. The second-order valence-corrected chi connectivity index (χ2v) is 6.37. The van der Waals surface area contributed by atoms with Gasteiger partial charge in [-0.2, -0.15) is 10.2 Å². The Hall–Kier alpha value is -2.34. The van der Waals surface area contributed by atoms with Crippen molar-refractivity contribution in [1.82, 2.24) is 19.6 Å². The van der Waals surface area contributed by atoms with Crippen LogP contribution in [-0.2, 0) is 19.2 Å². The van der Waals surface area contributed by atoms with E-state index in [1.165, 1.54) is 0 Å². The maximum Gasteiger partial charge on any atom is 0.160 e. The van der Waals surface area contributed by atoms with E-state index in [-0.39, 0.29) is 0 Å². The number of fused-ring (bicyclic) bond motifs is 1. The Kier molecular flexibility index (Phi) is 3.64. The highest BCUT2D eigenvalue weighted by molar-refractivity contribution is 5.92. The highest BCUT2D eigenvalue weighted by Gasteiger charge is 2.18. The number of rotatable bonds is 4. The third kappa shape index (κ3) is 2.82. The van der Waals surface area contributed by atoms with Gasteiger partial charge >= 0.3 is 0 Å². The summed E-state index contributed by atoms with van der Waals surface area (Å²) in [5.41, 5.74) is 2.88. The predicted molar refractivity (Wildman–Crippen MR) is 91.9 cm³/mol. The Bertz CT molecular complexity index is 854. The van der Waals surface area contributed by atoms with Gasteiger partial charge in [0.2, 0.25) is 0 Å². The normalized spacial score (nSPS) is 12.1. The average Bonchev–Trinajstić information content (AvgIpc) is 2.99. The summed E-state index contributed by atoms with van der Waals surface area (Å²) in [5.74, 6) is 0.795. The number of hydrogen-bond donors (Lipinski definition) is 2. The first kappa shape index (κ1) is 15.6. The largest absolute Gasteiger partial charge is 0.386 e. The van der Waals surface area contributed by atoms with Crippen LogP contribution in [0, 0.1) is 6.92 Å². The summed E-state index contributed by atoms with van der Waals surface area (Å²) in [5, 5.41) is 23.6. The average molecular weight is 313 g/mol. The number of anilines is 2. The van der Waals surface area contributed by atoms with Crippen molar-refractivity contribution in [3.05, 3.63) is 35.7 Å². The van der Waals surface area contributed by atoms with Gasteiger partial charge in [0.25, 0.3) is 0 Å². The van der Waals surface area contributed by atoms with Gasteiger partial charge in [0, 0.05) is 25.2 Å². The summed E-state index contributed by atoms with van der Waals surface area (Å²) in [4.78, 5) is 0. The van der Waals surface area contributed by atoms with Gasteiger partial charge in [-0.15, -0.1) is 0 Å². The molecule has 0 fully saturated rings. The van der Waals surface area contributed by atoms with Crippen LogP contribution in [0.2, 0.25) is 0 Å². The Balaban J connectivity index is 2.03.